The van der Waals surface area contributed by atoms with Crippen molar-refractivity contribution in [2.45, 2.75) is 154 Å². The van der Waals surface area contributed by atoms with Crippen LogP contribution in [0.3, 0.4) is 0 Å². The van der Waals surface area contributed by atoms with Crippen LogP contribution in [0.5, 0.6) is 0 Å². The summed E-state index contributed by atoms with van der Waals surface area (Å²) in [6, 6.07) is -0.968. The Morgan fingerprint density at radius 3 is 2.22 bits per heavy atom. The van der Waals surface area contributed by atoms with E-state index in [0.717, 1.165) is 32.1 Å². The minimum Gasteiger partial charge on any atom is -0.392 e. The summed E-state index contributed by atoms with van der Waals surface area (Å²) in [6.07, 6.45) is 28.3. The van der Waals surface area contributed by atoms with Crippen molar-refractivity contribution in [3.05, 3.63) is 48.6 Å². The van der Waals surface area contributed by atoms with Gasteiger partial charge in [-0.15, -0.1) is 0 Å². The molecule has 1 unspecified atom stereocenters. The van der Waals surface area contributed by atoms with E-state index in [0.29, 0.717) is 43.1 Å². The molecular formula is C42H76N2O9P+. The number of rotatable bonds is 32. The molecule has 0 aromatic rings. The molecule has 1 aliphatic rings. The van der Waals surface area contributed by atoms with E-state index in [9.17, 15) is 34.4 Å². The quantitative estimate of drug-likeness (QED) is 0.0201. The van der Waals surface area contributed by atoms with Crippen LogP contribution in [0.1, 0.15) is 129 Å². The maximum absolute atomic E-state index is 12.9. The van der Waals surface area contributed by atoms with E-state index in [4.69, 9.17) is 9.05 Å². The maximum atomic E-state index is 12.9. The van der Waals surface area contributed by atoms with Crippen LogP contribution in [0.2, 0.25) is 0 Å². The number of nitrogens with one attached hydrogen (secondary N) is 1. The zero-order valence-electron chi connectivity index (χ0n) is 34.2. The highest BCUT2D eigenvalue weighted by molar-refractivity contribution is 7.47. The van der Waals surface area contributed by atoms with E-state index in [1.54, 1.807) is 18.2 Å². The second-order valence-corrected chi connectivity index (χ2v) is 17.2. The van der Waals surface area contributed by atoms with Crippen LogP contribution in [0, 0.1) is 11.8 Å². The summed E-state index contributed by atoms with van der Waals surface area (Å²) in [5.41, 5.74) is 0. The molecule has 54 heavy (non-hydrogen) atoms. The highest BCUT2D eigenvalue weighted by atomic mass is 31.2. The number of amides is 1. The predicted molar refractivity (Wildman–Crippen MR) is 218 cm³/mol. The lowest BCUT2D eigenvalue weighted by Gasteiger charge is -2.25. The van der Waals surface area contributed by atoms with Gasteiger partial charge in [0.15, 0.2) is 0 Å². The summed E-state index contributed by atoms with van der Waals surface area (Å²) in [5.74, 6) is -1.02. The molecule has 1 saturated carbocycles. The smallest absolute Gasteiger partial charge is 0.392 e. The number of nitrogens with zero attached hydrogens (tertiary/aromatic N) is 1. The largest absolute Gasteiger partial charge is 0.472 e. The van der Waals surface area contributed by atoms with Gasteiger partial charge in [0, 0.05) is 24.7 Å². The SMILES string of the molecule is CCCCCCCC/C=C\CC/C=C/[C@@H](O)[C@H](COP(=O)(O)OCC[N+](C)(C)C)NC(=O)CCC/C=C\C[C@H]1C(=O)C[C@@H](O)[C@@H]1/C=C/[C@@H](O)CCCCC. The Kier molecular flexibility index (Phi) is 27.2. The van der Waals surface area contributed by atoms with Crippen LogP contribution >= 0.6 is 7.82 Å². The molecule has 7 atom stereocenters. The summed E-state index contributed by atoms with van der Waals surface area (Å²) >= 11 is 0. The maximum Gasteiger partial charge on any atom is 0.472 e. The minimum absolute atomic E-state index is 0.00570. The molecule has 0 aromatic carbocycles. The number of hydrogen-bond donors (Lipinski definition) is 5. The van der Waals surface area contributed by atoms with Gasteiger partial charge in [-0.25, -0.2) is 4.57 Å². The number of unbranched alkanes of at least 4 members (excludes halogenated alkanes) is 10. The van der Waals surface area contributed by atoms with Crippen LogP contribution in [0.25, 0.3) is 0 Å². The van der Waals surface area contributed by atoms with Gasteiger partial charge in [0.05, 0.1) is 52.1 Å². The van der Waals surface area contributed by atoms with E-state index in [1.165, 1.54) is 38.5 Å². The van der Waals surface area contributed by atoms with E-state index in [-0.39, 0.29) is 43.0 Å². The molecule has 5 N–H and O–H groups in total. The van der Waals surface area contributed by atoms with E-state index in [2.05, 4.69) is 31.3 Å². The van der Waals surface area contributed by atoms with Crippen molar-refractivity contribution in [3.63, 3.8) is 0 Å². The molecule has 0 radical (unpaired) electrons. The first-order chi connectivity index (χ1) is 25.7. The highest BCUT2D eigenvalue weighted by Gasteiger charge is 2.39. The molecule has 0 aliphatic heterocycles. The van der Waals surface area contributed by atoms with Gasteiger partial charge in [-0.1, -0.05) is 114 Å². The number of phosphoric acid groups is 1. The fourth-order valence-electron chi connectivity index (χ4n) is 6.21. The average molecular weight is 784 g/mol. The fraction of sp³-hybridized carbons (Fsp3) is 0.762. The molecule has 312 valence electrons. The Morgan fingerprint density at radius 2 is 1.50 bits per heavy atom. The average Bonchev–Trinajstić information content (AvgIpc) is 3.37. The first-order valence-electron chi connectivity index (χ1n) is 20.6. The van der Waals surface area contributed by atoms with E-state index >= 15 is 0 Å². The van der Waals surface area contributed by atoms with Gasteiger partial charge in [0.25, 0.3) is 0 Å². The molecule has 1 aliphatic carbocycles. The predicted octanol–water partition coefficient (Wildman–Crippen LogP) is 7.50. The first-order valence-corrected chi connectivity index (χ1v) is 22.1. The fourth-order valence-corrected chi connectivity index (χ4v) is 6.95. The summed E-state index contributed by atoms with van der Waals surface area (Å²) in [4.78, 5) is 35.7. The molecule has 0 heterocycles. The lowest BCUT2D eigenvalue weighted by Crippen LogP contribution is -2.45. The van der Waals surface area contributed by atoms with Crippen molar-refractivity contribution in [2.75, 3.05) is 40.9 Å². The topological polar surface area (TPSA) is 163 Å². The number of aliphatic hydroxyl groups is 3. The lowest BCUT2D eigenvalue weighted by molar-refractivity contribution is -0.870. The summed E-state index contributed by atoms with van der Waals surface area (Å²) in [7, 11) is 1.38. The van der Waals surface area contributed by atoms with Crippen LogP contribution in [-0.2, 0) is 23.2 Å². The third kappa shape index (κ3) is 25.3. The first kappa shape index (κ1) is 50.1. The zero-order valence-corrected chi connectivity index (χ0v) is 35.1. The number of ketones is 1. The van der Waals surface area contributed by atoms with Crippen molar-refractivity contribution in [2.24, 2.45) is 11.8 Å². The standard InChI is InChI=1S/C42H75N2O9P/c1-6-8-10-11-12-13-14-15-16-17-18-23-27-39(46)38(34-53-54(50,51)52-32-31-44(3,4)5)43-42(49)28-24-20-19-22-26-36-37(41(48)33-40(36)47)30-29-35(45)25-21-9-7-2/h15-16,19,22-23,27,29-30,35-39,41,45-46,48H,6-14,17-18,20-21,24-26,28,31-34H2,1-5H3,(H-,43,49,50,51)/p+1/b16-15-,22-19-,27-23+,30-29+/t35-,36+,37+,38-,39+,41+/m0/s1. The Balaban J connectivity index is 2.65. The number of phosphoric ester groups is 1. The summed E-state index contributed by atoms with van der Waals surface area (Å²) < 4.78 is 23.4. The number of carbonyl (C=O) groups excluding carboxylic acids is 2. The van der Waals surface area contributed by atoms with Crippen molar-refractivity contribution in [1.82, 2.24) is 5.32 Å². The number of quaternary nitrogens is 1. The second kappa shape index (κ2) is 29.3. The molecule has 0 saturated heterocycles. The van der Waals surface area contributed by atoms with Gasteiger partial charge in [0.2, 0.25) is 5.91 Å². The molecule has 0 spiro atoms. The van der Waals surface area contributed by atoms with Gasteiger partial charge in [0.1, 0.15) is 18.9 Å². The zero-order chi connectivity index (χ0) is 40.2. The molecular weight excluding hydrogens is 707 g/mol. The number of Topliss-reactive ketones (excluding diaryl/α,β-unsaturated/α-hetero) is 1. The van der Waals surface area contributed by atoms with Crippen LogP contribution in [0.15, 0.2) is 48.6 Å². The van der Waals surface area contributed by atoms with Gasteiger partial charge >= 0.3 is 7.82 Å². The van der Waals surface area contributed by atoms with Crippen molar-refractivity contribution in [1.29, 1.82) is 0 Å². The monoisotopic (exact) mass is 784 g/mol. The van der Waals surface area contributed by atoms with Gasteiger partial charge in [-0.3, -0.25) is 18.6 Å². The summed E-state index contributed by atoms with van der Waals surface area (Å²) in [5, 5.41) is 34.4. The van der Waals surface area contributed by atoms with Gasteiger partial charge in [-0.2, -0.15) is 0 Å². The number of aliphatic hydroxyl groups excluding tert-OH is 3. The second-order valence-electron chi connectivity index (χ2n) is 15.8. The summed E-state index contributed by atoms with van der Waals surface area (Å²) in [6.45, 7) is 4.40. The molecule has 0 aromatic heterocycles. The molecule has 12 heteroatoms. The number of hydrogen-bond acceptors (Lipinski definition) is 8. The molecule has 1 rings (SSSR count). The minimum atomic E-state index is -4.42. The van der Waals surface area contributed by atoms with Crippen LogP contribution < -0.4 is 5.32 Å². The third-order valence-electron chi connectivity index (χ3n) is 9.64. The molecule has 0 bridgehead atoms. The highest BCUT2D eigenvalue weighted by Crippen LogP contribution is 2.43. The van der Waals surface area contributed by atoms with E-state index in [1.807, 2.05) is 39.4 Å². The van der Waals surface area contributed by atoms with Crippen molar-refractivity contribution in [3.8, 4) is 0 Å². The Labute approximate surface area is 327 Å². The molecule has 11 nitrogen and oxygen atoms in total. The van der Waals surface area contributed by atoms with Crippen molar-refractivity contribution < 1.29 is 47.9 Å². The Hall–Kier alpha value is -1.95. The van der Waals surface area contributed by atoms with Crippen molar-refractivity contribution >= 4 is 19.5 Å². The van der Waals surface area contributed by atoms with E-state index < -0.39 is 38.8 Å². The van der Waals surface area contributed by atoms with Crippen LogP contribution in [-0.4, -0.2) is 102 Å². The van der Waals surface area contributed by atoms with Gasteiger partial charge < -0.3 is 30.0 Å². The normalized spacial score (nSPS) is 21.1. The number of likely N-dealkylation sites (N-methyl/N-ethyl adjacent to an activating group) is 1. The third-order valence-corrected chi connectivity index (χ3v) is 10.6. The Bertz CT molecular complexity index is 1180. The number of allylic oxidation sites excluding steroid dienone is 5. The van der Waals surface area contributed by atoms with Gasteiger partial charge in [-0.05, 0) is 51.4 Å². The van der Waals surface area contributed by atoms with Crippen LogP contribution in [0.4, 0.5) is 0 Å². The number of carbonyl (C=O) groups is 2. The molecule has 1 fully saturated rings. The molecule has 1 amide bonds. The lowest BCUT2D eigenvalue weighted by atomic mass is 9.90. The Morgan fingerprint density at radius 1 is 0.870 bits per heavy atom.